The summed E-state index contributed by atoms with van der Waals surface area (Å²) in [5, 5.41) is 9.82. The van der Waals surface area contributed by atoms with E-state index in [0.717, 1.165) is 66.5 Å². The molecule has 2 unspecified atom stereocenters. The second kappa shape index (κ2) is 9.31. The molecule has 2 aromatic rings. The number of benzene rings is 1. The molecule has 2 atom stereocenters. The molecule has 0 amide bonds. The monoisotopic (exact) mass is 539 g/mol. The molecule has 5 saturated carbocycles. The molecule has 8 rings (SSSR count). The number of halogens is 1. The van der Waals surface area contributed by atoms with Gasteiger partial charge in [0.15, 0.2) is 0 Å². The van der Waals surface area contributed by atoms with Gasteiger partial charge in [-0.1, -0.05) is 11.6 Å². The van der Waals surface area contributed by atoms with Crippen molar-refractivity contribution in [2.45, 2.75) is 95.5 Å². The summed E-state index contributed by atoms with van der Waals surface area (Å²) in [6, 6.07) is 8.69. The van der Waals surface area contributed by atoms with E-state index in [9.17, 15) is 0 Å². The number of hydrogen-bond donors (Lipinski definition) is 2. The number of fused-ring (bicyclic) bond motifs is 1. The fraction of sp³-hybridized carbons (Fsp3) is 0.710. The van der Waals surface area contributed by atoms with Crippen molar-refractivity contribution in [3.05, 3.63) is 35.5 Å². The van der Waals surface area contributed by atoms with Gasteiger partial charge in [-0.15, -0.1) is 0 Å². The Balaban J connectivity index is 0.991. The maximum Gasteiger partial charge on any atom is 0.201 e. The Morgan fingerprint density at radius 2 is 1.71 bits per heavy atom. The third-order valence-electron chi connectivity index (χ3n) is 10.3. The van der Waals surface area contributed by atoms with Gasteiger partial charge in [-0.2, -0.15) is 0 Å². The summed E-state index contributed by atoms with van der Waals surface area (Å²) in [7, 11) is 0. The molecular formula is C31H42ClN3O3. The highest BCUT2D eigenvalue weighted by Crippen LogP contribution is 2.65. The first kappa shape index (κ1) is 25.5. The average molecular weight is 540 g/mol. The lowest BCUT2D eigenvalue weighted by atomic mass is 9.44. The highest BCUT2D eigenvalue weighted by Gasteiger charge is 2.57. The zero-order chi connectivity index (χ0) is 26.0. The standard InChI is InChI=1S/C31H42ClN3O3/c1-28(2)20-36-31(38-37-28)8-5-24(6-9-31)34-18-29-13-21-11-22(14-29)16-30(15-21,17-29)19-35-26-7-10-33-27-12-23(32)3-4-25(26)27/h3-4,7,10,12,21-22,24,34H,5-6,8-9,11,13-20H2,1-2H3,(H,33,35). The Kier molecular flexibility index (Phi) is 6.25. The lowest BCUT2D eigenvalue weighted by Crippen LogP contribution is -2.58. The molecule has 1 saturated heterocycles. The van der Waals surface area contributed by atoms with Crippen molar-refractivity contribution < 1.29 is 14.5 Å². The van der Waals surface area contributed by atoms with E-state index in [1.165, 1.54) is 44.2 Å². The van der Waals surface area contributed by atoms with Gasteiger partial charge in [0, 0.05) is 54.3 Å². The minimum absolute atomic E-state index is 0.359. The van der Waals surface area contributed by atoms with Gasteiger partial charge < -0.3 is 15.4 Å². The zero-order valence-electron chi connectivity index (χ0n) is 22.9. The predicted octanol–water partition coefficient (Wildman–Crippen LogP) is 6.87. The van der Waals surface area contributed by atoms with E-state index < -0.39 is 5.79 Å². The number of ether oxygens (including phenoxy) is 1. The Bertz CT molecular complexity index is 1170. The topological polar surface area (TPSA) is 64.6 Å². The molecule has 38 heavy (non-hydrogen) atoms. The number of anilines is 1. The Morgan fingerprint density at radius 1 is 0.974 bits per heavy atom. The first-order valence-corrected chi connectivity index (χ1v) is 15.1. The first-order valence-electron chi connectivity index (χ1n) is 14.7. The number of hydrogen-bond acceptors (Lipinski definition) is 6. The van der Waals surface area contributed by atoms with Gasteiger partial charge in [0.2, 0.25) is 5.79 Å². The molecule has 1 spiro atoms. The molecule has 1 aliphatic heterocycles. The highest BCUT2D eigenvalue weighted by atomic mass is 35.5. The quantitative estimate of drug-likeness (QED) is 0.390. The van der Waals surface area contributed by atoms with E-state index >= 15 is 0 Å². The van der Waals surface area contributed by atoms with Gasteiger partial charge in [-0.3, -0.25) is 4.98 Å². The van der Waals surface area contributed by atoms with Gasteiger partial charge >= 0.3 is 0 Å². The molecule has 6 aliphatic rings. The summed E-state index contributed by atoms with van der Waals surface area (Å²) in [5.74, 6) is 1.23. The molecule has 1 aromatic carbocycles. The molecular weight excluding hydrogens is 498 g/mol. The fourth-order valence-electron chi connectivity index (χ4n) is 9.01. The van der Waals surface area contributed by atoms with Crippen LogP contribution < -0.4 is 10.6 Å². The minimum Gasteiger partial charge on any atom is -0.384 e. The molecule has 5 aliphatic carbocycles. The third-order valence-corrected chi connectivity index (χ3v) is 10.5. The van der Waals surface area contributed by atoms with Crippen LogP contribution in [-0.2, 0) is 14.5 Å². The molecule has 6 fully saturated rings. The van der Waals surface area contributed by atoms with Crippen LogP contribution in [0.15, 0.2) is 30.5 Å². The molecule has 1 aromatic heterocycles. The number of nitrogens with one attached hydrogen (secondary N) is 2. The summed E-state index contributed by atoms with van der Waals surface area (Å²) in [6.07, 6.45) is 14.2. The van der Waals surface area contributed by atoms with E-state index in [4.69, 9.17) is 26.1 Å². The smallest absolute Gasteiger partial charge is 0.201 e. The number of pyridine rings is 1. The van der Waals surface area contributed by atoms with E-state index in [1.54, 1.807) is 0 Å². The summed E-state index contributed by atoms with van der Waals surface area (Å²) >= 11 is 6.22. The van der Waals surface area contributed by atoms with E-state index in [0.29, 0.717) is 23.5 Å². The SMILES string of the molecule is CC1(C)COC2(CCC(NCC34CC5CC(CC(CNc6ccnc7cc(Cl)ccc67)(C5)C3)C4)CC2)OO1. The Hall–Kier alpha value is -1.44. The average Bonchev–Trinajstić information content (AvgIpc) is 2.88. The minimum atomic E-state index is -0.535. The zero-order valence-corrected chi connectivity index (χ0v) is 23.6. The van der Waals surface area contributed by atoms with Crippen LogP contribution in [0.3, 0.4) is 0 Å². The van der Waals surface area contributed by atoms with Crippen molar-refractivity contribution in [3.63, 3.8) is 0 Å². The molecule has 2 N–H and O–H groups in total. The van der Waals surface area contributed by atoms with Crippen molar-refractivity contribution in [1.29, 1.82) is 0 Å². The second-order valence-electron chi connectivity index (χ2n) is 14.1. The molecule has 6 nitrogen and oxygen atoms in total. The number of aromatic nitrogens is 1. The molecule has 2 heterocycles. The van der Waals surface area contributed by atoms with Crippen LogP contribution in [0.1, 0.15) is 78.1 Å². The summed E-state index contributed by atoms with van der Waals surface area (Å²) < 4.78 is 6.17. The third kappa shape index (κ3) is 4.85. The van der Waals surface area contributed by atoms with E-state index in [2.05, 4.69) is 27.8 Å². The van der Waals surface area contributed by atoms with Crippen LogP contribution in [0.5, 0.6) is 0 Å². The fourth-order valence-corrected chi connectivity index (χ4v) is 9.18. The van der Waals surface area contributed by atoms with E-state index in [1.807, 2.05) is 32.2 Å². The van der Waals surface area contributed by atoms with Crippen LogP contribution >= 0.6 is 11.6 Å². The normalized spacial score (nSPS) is 39.6. The summed E-state index contributed by atoms with van der Waals surface area (Å²) in [4.78, 5) is 16.0. The van der Waals surface area contributed by atoms with Gasteiger partial charge in [-0.05, 0) is 112 Å². The first-order chi connectivity index (χ1) is 18.2. The lowest BCUT2D eigenvalue weighted by molar-refractivity contribution is -0.511. The second-order valence-corrected chi connectivity index (χ2v) is 14.6. The molecule has 0 radical (unpaired) electrons. The van der Waals surface area contributed by atoms with Crippen molar-refractivity contribution in [2.24, 2.45) is 22.7 Å². The van der Waals surface area contributed by atoms with Crippen LogP contribution in [-0.4, -0.2) is 42.1 Å². The maximum absolute atomic E-state index is 6.22. The van der Waals surface area contributed by atoms with Gasteiger partial charge in [0.1, 0.15) is 5.60 Å². The Labute approximate surface area is 231 Å². The number of rotatable bonds is 6. The van der Waals surface area contributed by atoms with Crippen molar-refractivity contribution in [1.82, 2.24) is 10.3 Å². The summed E-state index contributed by atoms with van der Waals surface area (Å²) in [5.41, 5.74) is 2.63. The van der Waals surface area contributed by atoms with E-state index in [-0.39, 0.29) is 5.60 Å². The molecule has 206 valence electrons. The maximum atomic E-state index is 6.22. The largest absolute Gasteiger partial charge is 0.384 e. The predicted molar refractivity (Wildman–Crippen MR) is 150 cm³/mol. The lowest BCUT2D eigenvalue weighted by Gasteiger charge is -2.62. The Morgan fingerprint density at radius 3 is 2.42 bits per heavy atom. The van der Waals surface area contributed by atoms with Crippen LogP contribution in [0, 0.1) is 22.7 Å². The van der Waals surface area contributed by atoms with Crippen molar-refractivity contribution in [3.8, 4) is 0 Å². The molecule has 4 bridgehead atoms. The van der Waals surface area contributed by atoms with Gasteiger partial charge in [0.25, 0.3) is 0 Å². The number of nitrogens with zero attached hydrogens (tertiary/aromatic N) is 1. The summed E-state index contributed by atoms with van der Waals surface area (Å²) in [6.45, 7) is 6.82. The van der Waals surface area contributed by atoms with Gasteiger partial charge in [0.05, 0.1) is 12.1 Å². The van der Waals surface area contributed by atoms with Crippen LogP contribution in [0.25, 0.3) is 10.9 Å². The van der Waals surface area contributed by atoms with Gasteiger partial charge in [-0.25, -0.2) is 9.78 Å². The van der Waals surface area contributed by atoms with Crippen molar-refractivity contribution >= 4 is 28.2 Å². The van der Waals surface area contributed by atoms with Crippen LogP contribution in [0.2, 0.25) is 5.02 Å². The van der Waals surface area contributed by atoms with Crippen LogP contribution in [0.4, 0.5) is 5.69 Å². The van der Waals surface area contributed by atoms with Crippen molar-refractivity contribution in [2.75, 3.05) is 25.0 Å². The molecule has 7 heteroatoms. The highest BCUT2D eigenvalue weighted by molar-refractivity contribution is 6.31.